The third-order valence-electron chi connectivity index (χ3n) is 2.89. The van der Waals surface area contributed by atoms with Crippen molar-refractivity contribution in [3.05, 3.63) is 35.9 Å². The van der Waals surface area contributed by atoms with Gasteiger partial charge in [0.15, 0.2) is 6.29 Å². The number of aliphatic hydroxyl groups is 1. The predicted molar refractivity (Wildman–Crippen MR) is 60.8 cm³/mol. The van der Waals surface area contributed by atoms with Gasteiger partial charge in [-0.3, -0.25) is 0 Å². The van der Waals surface area contributed by atoms with Crippen LogP contribution in [0.5, 0.6) is 0 Å². The van der Waals surface area contributed by atoms with Crippen LogP contribution >= 0.6 is 0 Å². The third kappa shape index (κ3) is 3.04. The van der Waals surface area contributed by atoms with Gasteiger partial charge in [-0.2, -0.15) is 0 Å². The minimum absolute atomic E-state index is 0.130. The molecule has 3 nitrogen and oxygen atoms in total. The summed E-state index contributed by atoms with van der Waals surface area (Å²) in [5.41, 5.74) is 1.14. The molecule has 1 N–H and O–H groups in total. The van der Waals surface area contributed by atoms with Gasteiger partial charge in [0.1, 0.15) is 0 Å². The fraction of sp³-hybridized carbons (Fsp3) is 0.538. The van der Waals surface area contributed by atoms with Crippen molar-refractivity contribution in [3.8, 4) is 0 Å². The average molecular weight is 222 g/mol. The molecule has 1 aliphatic heterocycles. The maximum absolute atomic E-state index is 9.50. The van der Waals surface area contributed by atoms with Crippen molar-refractivity contribution in [2.24, 2.45) is 0 Å². The zero-order chi connectivity index (χ0) is 11.4. The normalized spacial score (nSPS) is 30.2. The van der Waals surface area contributed by atoms with Crippen molar-refractivity contribution in [2.75, 3.05) is 0 Å². The molecular weight excluding hydrogens is 204 g/mol. The molecule has 0 radical (unpaired) electrons. The van der Waals surface area contributed by atoms with E-state index in [4.69, 9.17) is 9.47 Å². The quantitative estimate of drug-likeness (QED) is 0.851. The van der Waals surface area contributed by atoms with E-state index in [0.717, 1.165) is 18.4 Å². The molecule has 1 fully saturated rings. The maximum atomic E-state index is 9.50. The monoisotopic (exact) mass is 222 g/mol. The van der Waals surface area contributed by atoms with Gasteiger partial charge in [-0.15, -0.1) is 0 Å². The van der Waals surface area contributed by atoms with Crippen LogP contribution in [0.4, 0.5) is 0 Å². The lowest BCUT2D eigenvalue weighted by atomic mass is 10.1. The van der Waals surface area contributed by atoms with E-state index >= 15 is 0 Å². The van der Waals surface area contributed by atoms with E-state index in [-0.39, 0.29) is 18.5 Å². The second-order valence-corrected chi connectivity index (χ2v) is 4.21. The standard InChI is InChI=1S/C13H18O3/c1-10-12(14)7-8-13(16-10)15-9-11-5-3-2-4-6-11/h2-6,10,12-14H,7-9H2,1H3/t10-,12-,13+/m0/s1. The molecule has 0 aromatic heterocycles. The SMILES string of the molecule is C[C@@H]1O[C@@H](OCc2ccccc2)CC[C@@H]1O. The van der Waals surface area contributed by atoms with Crippen LogP contribution in [0.3, 0.4) is 0 Å². The zero-order valence-corrected chi connectivity index (χ0v) is 9.50. The van der Waals surface area contributed by atoms with Gasteiger partial charge in [-0.1, -0.05) is 30.3 Å². The molecule has 2 rings (SSSR count). The summed E-state index contributed by atoms with van der Waals surface area (Å²) in [7, 11) is 0. The van der Waals surface area contributed by atoms with Gasteiger partial charge in [-0.25, -0.2) is 0 Å². The summed E-state index contributed by atoms with van der Waals surface area (Å²) >= 11 is 0. The van der Waals surface area contributed by atoms with E-state index in [1.165, 1.54) is 0 Å². The molecule has 1 aromatic rings. The second-order valence-electron chi connectivity index (χ2n) is 4.21. The molecule has 1 aromatic carbocycles. The molecule has 0 amide bonds. The number of ether oxygens (including phenoxy) is 2. The van der Waals surface area contributed by atoms with Gasteiger partial charge in [-0.05, 0) is 18.9 Å². The first-order chi connectivity index (χ1) is 7.75. The number of benzene rings is 1. The summed E-state index contributed by atoms with van der Waals surface area (Å²) in [5.74, 6) is 0. The van der Waals surface area contributed by atoms with E-state index in [9.17, 15) is 5.11 Å². The Morgan fingerprint density at radius 3 is 2.75 bits per heavy atom. The molecule has 0 aliphatic carbocycles. The fourth-order valence-corrected chi connectivity index (χ4v) is 1.83. The van der Waals surface area contributed by atoms with Crippen LogP contribution in [0.2, 0.25) is 0 Å². The highest BCUT2D eigenvalue weighted by atomic mass is 16.7. The molecule has 3 atom stereocenters. The minimum atomic E-state index is -0.350. The Balaban J connectivity index is 1.79. The van der Waals surface area contributed by atoms with Gasteiger partial charge in [0.05, 0.1) is 18.8 Å². The molecule has 3 heteroatoms. The maximum Gasteiger partial charge on any atom is 0.158 e. The van der Waals surface area contributed by atoms with Gasteiger partial charge in [0.25, 0.3) is 0 Å². The predicted octanol–water partition coefficient (Wildman–Crippen LogP) is 2.09. The summed E-state index contributed by atoms with van der Waals surface area (Å²) in [6, 6.07) is 10.0. The summed E-state index contributed by atoms with van der Waals surface area (Å²) in [6.07, 6.45) is 0.851. The van der Waals surface area contributed by atoms with E-state index in [1.54, 1.807) is 0 Å². The Morgan fingerprint density at radius 2 is 2.06 bits per heavy atom. The third-order valence-corrected chi connectivity index (χ3v) is 2.89. The Bertz CT molecular complexity index is 312. The van der Waals surface area contributed by atoms with Crippen molar-refractivity contribution >= 4 is 0 Å². The number of hydrogen-bond donors (Lipinski definition) is 1. The van der Waals surface area contributed by atoms with Gasteiger partial charge in [0, 0.05) is 6.42 Å². The molecule has 0 bridgehead atoms. The first-order valence-corrected chi connectivity index (χ1v) is 5.75. The van der Waals surface area contributed by atoms with Crippen molar-refractivity contribution in [3.63, 3.8) is 0 Å². The van der Waals surface area contributed by atoms with E-state index in [2.05, 4.69) is 0 Å². The lowest BCUT2D eigenvalue weighted by Gasteiger charge is -2.31. The highest BCUT2D eigenvalue weighted by Crippen LogP contribution is 2.21. The van der Waals surface area contributed by atoms with Crippen LogP contribution in [-0.4, -0.2) is 23.6 Å². The smallest absolute Gasteiger partial charge is 0.158 e. The molecule has 1 saturated heterocycles. The van der Waals surface area contributed by atoms with E-state index < -0.39 is 0 Å². The van der Waals surface area contributed by atoms with Gasteiger partial charge < -0.3 is 14.6 Å². The fourth-order valence-electron chi connectivity index (χ4n) is 1.83. The molecule has 16 heavy (non-hydrogen) atoms. The van der Waals surface area contributed by atoms with Crippen LogP contribution in [0.1, 0.15) is 25.3 Å². The lowest BCUT2D eigenvalue weighted by molar-refractivity contribution is -0.221. The Morgan fingerprint density at radius 1 is 1.31 bits per heavy atom. The molecule has 0 unspecified atom stereocenters. The topological polar surface area (TPSA) is 38.7 Å². The van der Waals surface area contributed by atoms with Crippen LogP contribution in [0.25, 0.3) is 0 Å². The molecule has 0 saturated carbocycles. The molecule has 1 heterocycles. The Hall–Kier alpha value is -0.900. The average Bonchev–Trinajstić information content (AvgIpc) is 2.32. The Kier molecular flexibility index (Phi) is 3.93. The first-order valence-electron chi connectivity index (χ1n) is 5.75. The van der Waals surface area contributed by atoms with Gasteiger partial charge in [0.2, 0.25) is 0 Å². The van der Waals surface area contributed by atoms with Crippen LogP contribution in [0.15, 0.2) is 30.3 Å². The first kappa shape index (κ1) is 11.6. The van der Waals surface area contributed by atoms with Crippen molar-refractivity contribution in [1.82, 2.24) is 0 Å². The largest absolute Gasteiger partial charge is 0.390 e. The van der Waals surface area contributed by atoms with Crippen molar-refractivity contribution < 1.29 is 14.6 Å². The number of aliphatic hydroxyl groups excluding tert-OH is 1. The summed E-state index contributed by atoms with van der Waals surface area (Å²) < 4.78 is 11.2. The van der Waals surface area contributed by atoms with E-state index in [1.807, 2.05) is 37.3 Å². The second kappa shape index (κ2) is 5.43. The molecule has 88 valence electrons. The zero-order valence-electron chi connectivity index (χ0n) is 9.50. The summed E-state index contributed by atoms with van der Waals surface area (Å²) in [4.78, 5) is 0. The van der Waals surface area contributed by atoms with Crippen LogP contribution < -0.4 is 0 Å². The number of rotatable bonds is 3. The minimum Gasteiger partial charge on any atom is -0.390 e. The number of hydrogen-bond acceptors (Lipinski definition) is 3. The Labute approximate surface area is 96.0 Å². The summed E-state index contributed by atoms with van der Waals surface area (Å²) in [5, 5.41) is 9.50. The van der Waals surface area contributed by atoms with Crippen LogP contribution in [-0.2, 0) is 16.1 Å². The molecule has 1 aliphatic rings. The summed E-state index contributed by atoms with van der Waals surface area (Å²) in [6.45, 7) is 2.44. The molecule has 0 spiro atoms. The van der Waals surface area contributed by atoms with Crippen molar-refractivity contribution in [2.45, 2.75) is 44.9 Å². The van der Waals surface area contributed by atoms with E-state index in [0.29, 0.717) is 6.61 Å². The molecular formula is C13H18O3. The highest BCUT2D eigenvalue weighted by Gasteiger charge is 2.26. The lowest BCUT2D eigenvalue weighted by Crippen LogP contribution is -2.37. The van der Waals surface area contributed by atoms with Gasteiger partial charge >= 0.3 is 0 Å². The van der Waals surface area contributed by atoms with Crippen molar-refractivity contribution in [1.29, 1.82) is 0 Å². The van der Waals surface area contributed by atoms with Crippen LogP contribution in [0, 0.1) is 0 Å². The highest BCUT2D eigenvalue weighted by molar-refractivity contribution is 5.13.